The quantitative estimate of drug-likeness (QED) is 0.574. The maximum Gasteiger partial charge on any atom is 0.244 e. The molecule has 2 heterocycles. The molecule has 1 aromatic heterocycles. The predicted molar refractivity (Wildman–Crippen MR) is 116 cm³/mol. The number of allylic oxidation sites excluding steroid dienone is 1. The van der Waals surface area contributed by atoms with Crippen LogP contribution in [-0.2, 0) is 13.0 Å². The van der Waals surface area contributed by atoms with Gasteiger partial charge in [0.15, 0.2) is 11.5 Å². The third-order valence-corrected chi connectivity index (χ3v) is 5.38. The zero-order chi connectivity index (χ0) is 22.7. The number of fused-ring (bicyclic) bond motifs is 1. The van der Waals surface area contributed by atoms with E-state index >= 15 is 0 Å². The van der Waals surface area contributed by atoms with Gasteiger partial charge in [0.05, 0.1) is 13.0 Å². The number of aryl methyl sites for hydroxylation is 1. The number of rotatable bonds is 7. The monoisotopic (exact) mass is 434 g/mol. The molecule has 0 bridgehead atoms. The predicted octanol–water partition coefficient (Wildman–Crippen LogP) is 4.31. The van der Waals surface area contributed by atoms with Crippen LogP contribution in [0.2, 0.25) is 0 Å². The Hall–Kier alpha value is -3.99. The molecule has 1 aliphatic heterocycles. The Bertz CT molecular complexity index is 1210. The molecule has 3 N–H and O–H groups in total. The van der Waals surface area contributed by atoms with Crippen molar-refractivity contribution in [1.82, 2.24) is 10.2 Å². The van der Waals surface area contributed by atoms with Gasteiger partial charge in [-0.05, 0) is 30.2 Å². The molecule has 4 rings (SSSR count). The molecule has 0 saturated carbocycles. The Morgan fingerprint density at radius 2 is 2.06 bits per heavy atom. The second-order valence-corrected chi connectivity index (χ2v) is 7.39. The van der Waals surface area contributed by atoms with Crippen LogP contribution in [0.3, 0.4) is 0 Å². The van der Waals surface area contributed by atoms with Crippen LogP contribution in [0, 0.1) is 17.1 Å². The van der Waals surface area contributed by atoms with Crippen molar-refractivity contribution in [3.8, 4) is 23.4 Å². The van der Waals surface area contributed by atoms with Crippen LogP contribution >= 0.6 is 0 Å². The normalized spacial score (nSPS) is 15.0. The van der Waals surface area contributed by atoms with Crippen LogP contribution < -0.4 is 19.9 Å². The van der Waals surface area contributed by atoms with Crippen LogP contribution in [0.1, 0.15) is 41.6 Å². The number of nitrogens with zero attached hydrogens (tertiary/aromatic N) is 2. The van der Waals surface area contributed by atoms with Crippen LogP contribution in [0.25, 0.3) is 0 Å². The van der Waals surface area contributed by atoms with Crippen molar-refractivity contribution in [2.75, 3.05) is 7.11 Å². The first-order chi connectivity index (χ1) is 15.6. The molecular weight excluding hydrogens is 411 g/mol. The van der Waals surface area contributed by atoms with E-state index in [0.29, 0.717) is 28.5 Å². The van der Waals surface area contributed by atoms with E-state index in [1.54, 1.807) is 30.3 Å². The molecule has 0 amide bonds. The van der Waals surface area contributed by atoms with Gasteiger partial charge in [0.2, 0.25) is 11.8 Å². The number of ether oxygens (including phenoxy) is 3. The minimum atomic E-state index is -0.460. The lowest BCUT2D eigenvalue weighted by molar-refractivity contribution is 0.279. The Morgan fingerprint density at radius 3 is 2.78 bits per heavy atom. The zero-order valence-electron chi connectivity index (χ0n) is 17.8. The highest BCUT2D eigenvalue weighted by Crippen LogP contribution is 2.45. The molecule has 0 radical (unpaired) electrons. The van der Waals surface area contributed by atoms with Crippen molar-refractivity contribution in [3.05, 3.63) is 82.1 Å². The highest BCUT2D eigenvalue weighted by molar-refractivity contribution is 5.57. The number of hydrogen-bond donors (Lipinski definition) is 2. The lowest BCUT2D eigenvalue weighted by atomic mass is 9.83. The van der Waals surface area contributed by atoms with Crippen LogP contribution in [-0.4, -0.2) is 17.3 Å². The molecule has 0 saturated heterocycles. The topological polar surface area (TPSA) is 106 Å². The highest BCUT2D eigenvalue weighted by Gasteiger charge is 2.35. The molecule has 0 fully saturated rings. The average molecular weight is 434 g/mol. The maximum absolute atomic E-state index is 13.9. The molecule has 164 valence electrons. The number of halogens is 1. The van der Waals surface area contributed by atoms with Gasteiger partial charge in [-0.3, -0.25) is 5.10 Å². The summed E-state index contributed by atoms with van der Waals surface area (Å²) < 4.78 is 30.9. The van der Waals surface area contributed by atoms with Crippen molar-refractivity contribution in [1.29, 1.82) is 5.26 Å². The first-order valence-electron chi connectivity index (χ1n) is 10.3. The molecule has 1 atom stereocenters. The van der Waals surface area contributed by atoms with Crippen LogP contribution in [0.15, 0.2) is 53.9 Å². The van der Waals surface area contributed by atoms with Crippen molar-refractivity contribution >= 4 is 0 Å². The van der Waals surface area contributed by atoms with E-state index in [0.717, 1.165) is 29.7 Å². The van der Waals surface area contributed by atoms with Crippen LogP contribution in [0.5, 0.6) is 17.4 Å². The second-order valence-electron chi connectivity index (χ2n) is 7.39. The SMILES string of the molecule is CCCc1[nH]nc2c1[C@H](c1ccc(OCc3ccccc3F)c(OC)c1)C(C#N)=C(N)O2. The van der Waals surface area contributed by atoms with Crippen molar-refractivity contribution < 1.29 is 18.6 Å². The number of aromatic amines is 1. The fourth-order valence-corrected chi connectivity index (χ4v) is 3.84. The number of H-pyrrole nitrogens is 1. The van der Waals surface area contributed by atoms with Gasteiger partial charge in [0.1, 0.15) is 24.1 Å². The van der Waals surface area contributed by atoms with Gasteiger partial charge in [0.25, 0.3) is 0 Å². The highest BCUT2D eigenvalue weighted by atomic mass is 19.1. The van der Waals surface area contributed by atoms with Gasteiger partial charge in [-0.15, -0.1) is 5.10 Å². The van der Waals surface area contributed by atoms with E-state index in [2.05, 4.69) is 23.2 Å². The summed E-state index contributed by atoms with van der Waals surface area (Å²) in [5.41, 5.74) is 9.24. The molecule has 7 nitrogen and oxygen atoms in total. The summed E-state index contributed by atoms with van der Waals surface area (Å²) in [5, 5.41) is 17.1. The first-order valence-corrected chi connectivity index (χ1v) is 10.3. The smallest absolute Gasteiger partial charge is 0.244 e. The summed E-state index contributed by atoms with van der Waals surface area (Å²) in [5.74, 6) is 0.526. The van der Waals surface area contributed by atoms with Gasteiger partial charge in [-0.25, -0.2) is 4.39 Å². The van der Waals surface area contributed by atoms with Gasteiger partial charge in [0, 0.05) is 16.8 Å². The molecule has 32 heavy (non-hydrogen) atoms. The Labute approximate surface area is 185 Å². The Morgan fingerprint density at radius 1 is 1.25 bits per heavy atom. The minimum absolute atomic E-state index is 0.0263. The van der Waals surface area contributed by atoms with E-state index in [4.69, 9.17) is 19.9 Å². The van der Waals surface area contributed by atoms with Crippen LogP contribution in [0.4, 0.5) is 4.39 Å². The van der Waals surface area contributed by atoms with Crippen molar-refractivity contribution in [3.63, 3.8) is 0 Å². The summed E-state index contributed by atoms with van der Waals surface area (Å²) in [6.45, 7) is 2.12. The van der Waals surface area contributed by atoms with Gasteiger partial charge < -0.3 is 19.9 Å². The molecule has 2 aromatic carbocycles. The number of nitrogens with one attached hydrogen (secondary N) is 1. The summed E-state index contributed by atoms with van der Waals surface area (Å²) in [6.07, 6.45) is 1.65. The standard InChI is InChI=1S/C24H23FN4O3/c1-3-6-18-22-21(16(12-26)23(27)32-24(22)29-28-18)14-9-10-19(20(11-14)30-2)31-13-15-7-4-5-8-17(15)25/h4-5,7-11,21H,3,6,13,27H2,1-2H3,(H,28,29)/t21-/m1/s1. The summed E-state index contributed by atoms with van der Waals surface area (Å²) in [7, 11) is 1.53. The lowest BCUT2D eigenvalue weighted by Crippen LogP contribution is -2.21. The lowest BCUT2D eigenvalue weighted by Gasteiger charge is -2.24. The zero-order valence-corrected chi connectivity index (χ0v) is 17.8. The van der Waals surface area contributed by atoms with E-state index in [1.165, 1.54) is 13.2 Å². The number of benzene rings is 2. The van der Waals surface area contributed by atoms with E-state index in [-0.39, 0.29) is 18.3 Å². The van der Waals surface area contributed by atoms with Gasteiger partial charge in [-0.2, -0.15) is 5.26 Å². The molecule has 0 unspecified atom stereocenters. The molecule has 0 spiro atoms. The fourth-order valence-electron chi connectivity index (χ4n) is 3.84. The van der Waals surface area contributed by atoms with E-state index in [9.17, 15) is 9.65 Å². The maximum atomic E-state index is 13.9. The van der Waals surface area contributed by atoms with Crippen molar-refractivity contribution in [2.24, 2.45) is 5.73 Å². The third-order valence-electron chi connectivity index (χ3n) is 5.38. The van der Waals surface area contributed by atoms with Gasteiger partial charge >= 0.3 is 0 Å². The number of nitrogens with two attached hydrogens (primary N) is 1. The van der Waals surface area contributed by atoms with Gasteiger partial charge in [-0.1, -0.05) is 37.6 Å². The summed E-state index contributed by atoms with van der Waals surface area (Å²) in [4.78, 5) is 0. The number of methoxy groups -OCH3 is 1. The Kier molecular flexibility index (Phi) is 5.99. The molecule has 1 aliphatic rings. The Balaban J connectivity index is 1.71. The minimum Gasteiger partial charge on any atom is -0.493 e. The number of hydrogen-bond acceptors (Lipinski definition) is 6. The molecule has 3 aromatic rings. The average Bonchev–Trinajstić information content (AvgIpc) is 3.19. The second kappa shape index (κ2) is 9.02. The van der Waals surface area contributed by atoms with Crippen molar-refractivity contribution in [2.45, 2.75) is 32.3 Å². The molecule has 8 heteroatoms. The molecular formula is C24H23FN4O3. The number of nitriles is 1. The largest absolute Gasteiger partial charge is 0.493 e. The first kappa shape index (κ1) is 21.2. The summed E-state index contributed by atoms with van der Waals surface area (Å²) >= 11 is 0. The summed E-state index contributed by atoms with van der Waals surface area (Å²) in [6, 6.07) is 14.0. The van der Waals surface area contributed by atoms with E-state index in [1.807, 2.05) is 6.07 Å². The molecule has 0 aliphatic carbocycles. The van der Waals surface area contributed by atoms with E-state index < -0.39 is 5.92 Å². The fraction of sp³-hybridized carbons (Fsp3) is 0.250. The third kappa shape index (κ3) is 3.85. The number of aromatic nitrogens is 2.